The van der Waals surface area contributed by atoms with Gasteiger partial charge in [0.1, 0.15) is 24.1 Å². The fraction of sp³-hybridized carbons (Fsp3) is 0.333. The highest BCUT2D eigenvalue weighted by Gasteiger charge is 2.48. The Labute approximate surface area is 237 Å². The van der Waals surface area contributed by atoms with Crippen LogP contribution in [-0.4, -0.2) is 93.2 Å². The van der Waals surface area contributed by atoms with Crippen LogP contribution >= 0.6 is 11.6 Å². The van der Waals surface area contributed by atoms with Crippen LogP contribution in [-0.2, 0) is 35.0 Å². The summed E-state index contributed by atoms with van der Waals surface area (Å²) >= 11 is 5.95. The Hall–Kier alpha value is -4.01. The Bertz CT molecular complexity index is 1480. The Morgan fingerprint density at radius 1 is 0.976 bits per heavy atom. The van der Waals surface area contributed by atoms with Crippen molar-refractivity contribution < 1.29 is 58.6 Å². The van der Waals surface area contributed by atoms with Gasteiger partial charge in [-0.15, -0.1) is 0 Å². The highest BCUT2D eigenvalue weighted by molar-refractivity contribution is 6.30. The fourth-order valence-corrected chi connectivity index (χ4v) is 4.57. The average Bonchev–Trinajstić information content (AvgIpc) is 3.21. The average molecular weight is 592 g/mol. The third-order valence-electron chi connectivity index (χ3n) is 6.57. The minimum absolute atomic E-state index is 0.349. The summed E-state index contributed by atoms with van der Waals surface area (Å²) in [5, 5.41) is 39.7. The summed E-state index contributed by atoms with van der Waals surface area (Å²) in [6, 6.07) is 11.3. The molecule has 2 aromatic carbocycles. The molecule has 0 saturated carbocycles. The number of nitrogens with zero attached hydrogens (tertiary/aromatic N) is 1. The number of aliphatic hydroxyl groups excluding tert-OH is 3. The van der Waals surface area contributed by atoms with Crippen LogP contribution in [0.1, 0.15) is 21.6 Å². The number of fused-ring (bicyclic) bond motifs is 1. The van der Waals surface area contributed by atoms with Crippen molar-refractivity contribution in [2.24, 2.45) is 0 Å². The van der Waals surface area contributed by atoms with E-state index < -0.39 is 55.2 Å². The molecule has 0 amide bonds. The number of carbonyl (C=O) groups is 4. The fourth-order valence-electron chi connectivity index (χ4n) is 4.44. The highest BCUT2D eigenvalue weighted by Crippen LogP contribution is 2.31. The second-order valence-corrected chi connectivity index (χ2v) is 9.59. The first-order valence-corrected chi connectivity index (χ1v) is 12.6. The maximum Gasteiger partial charge on any atom is 0.346 e. The first-order valence-electron chi connectivity index (χ1n) is 12.2. The molecule has 1 aromatic heterocycles. The molecule has 41 heavy (non-hydrogen) atoms. The lowest BCUT2D eigenvalue weighted by atomic mass is 9.99. The number of esters is 2. The maximum absolute atomic E-state index is 13.4. The van der Waals surface area contributed by atoms with Crippen molar-refractivity contribution in [1.29, 1.82) is 0 Å². The van der Waals surface area contributed by atoms with Crippen LogP contribution in [0.4, 0.5) is 0 Å². The van der Waals surface area contributed by atoms with Crippen LogP contribution in [0.15, 0.2) is 42.5 Å². The van der Waals surface area contributed by atoms with E-state index in [4.69, 9.17) is 35.7 Å². The first-order chi connectivity index (χ1) is 19.4. The molecule has 1 aliphatic rings. The van der Waals surface area contributed by atoms with Crippen LogP contribution < -0.4 is 4.74 Å². The molecule has 1 aliphatic heterocycles. The van der Waals surface area contributed by atoms with E-state index in [9.17, 15) is 34.5 Å². The van der Waals surface area contributed by atoms with Crippen molar-refractivity contribution in [3.63, 3.8) is 0 Å². The summed E-state index contributed by atoms with van der Waals surface area (Å²) in [7, 11) is 1.47. The molecular weight excluding hydrogens is 566 g/mol. The number of hydrogen-bond donors (Lipinski definition) is 4. The number of carboxylic acid groups (broad SMARTS) is 1. The Morgan fingerprint density at radius 3 is 2.29 bits per heavy atom. The van der Waals surface area contributed by atoms with E-state index in [-0.39, 0.29) is 12.3 Å². The SMILES string of the molecule is COc1ccc2c(c1)c(CC(=O)OCC(=O)OC1OC(C(=O)O)C(O)C(O)C1O)c(C)n2C(=O)c1ccc(Cl)cc1. The number of ether oxygens (including phenoxy) is 4. The van der Waals surface area contributed by atoms with Crippen molar-refractivity contribution in [2.45, 2.75) is 44.1 Å². The van der Waals surface area contributed by atoms with Crippen LogP contribution in [0.25, 0.3) is 10.9 Å². The van der Waals surface area contributed by atoms with E-state index >= 15 is 0 Å². The van der Waals surface area contributed by atoms with Gasteiger partial charge in [-0.3, -0.25) is 14.2 Å². The number of carbonyl (C=O) groups excluding carboxylic acids is 3. The van der Waals surface area contributed by atoms with E-state index in [1.807, 2.05) is 0 Å². The van der Waals surface area contributed by atoms with Crippen LogP contribution in [0.3, 0.4) is 0 Å². The zero-order valence-electron chi connectivity index (χ0n) is 21.7. The van der Waals surface area contributed by atoms with Crippen LogP contribution in [0, 0.1) is 6.92 Å². The lowest BCUT2D eigenvalue weighted by Gasteiger charge is -2.37. The van der Waals surface area contributed by atoms with Gasteiger partial charge in [0.2, 0.25) is 6.29 Å². The number of halogens is 1. The first kappa shape index (κ1) is 30.0. The Balaban J connectivity index is 1.49. The third-order valence-corrected chi connectivity index (χ3v) is 6.82. The number of aromatic nitrogens is 1. The molecule has 3 aromatic rings. The standard InChI is InChI=1S/C27H26ClNO12/c1-12-16(10-19(30)39-11-20(31)40-27-23(34)21(32)22(33)24(41-27)26(36)37)17-9-15(38-2)7-8-18(17)29(12)25(35)13-3-5-14(28)6-4-13/h3-9,21-24,27,32-34H,10-11H2,1-2H3,(H,36,37). The van der Waals surface area contributed by atoms with Crippen molar-refractivity contribution in [3.8, 4) is 5.75 Å². The molecule has 4 rings (SSSR count). The van der Waals surface area contributed by atoms with Crippen LogP contribution in [0.2, 0.25) is 5.02 Å². The normalized spacial score (nSPS) is 22.2. The van der Waals surface area contributed by atoms with E-state index in [0.29, 0.717) is 38.5 Å². The summed E-state index contributed by atoms with van der Waals surface area (Å²) in [5.74, 6) is -3.62. The molecule has 13 nitrogen and oxygen atoms in total. The third kappa shape index (κ3) is 6.19. The van der Waals surface area contributed by atoms with Gasteiger partial charge in [-0.1, -0.05) is 11.6 Å². The second kappa shape index (κ2) is 12.2. The van der Waals surface area contributed by atoms with E-state index in [1.165, 1.54) is 11.7 Å². The Morgan fingerprint density at radius 2 is 1.66 bits per heavy atom. The zero-order chi connectivity index (χ0) is 30.0. The number of aliphatic hydroxyl groups is 3. The molecule has 4 N–H and O–H groups in total. The zero-order valence-corrected chi connectivity index (χ0v) is 22.5. The summed E-state index contributed by atoms with van der Waals surface area (Å²) in [6.07, 6.45) is -10.2. The molecule has 0 bridgehead atoms. The molecule has 218 valence electrons. The van der Waals surface area contributed by atoms with Gasteiger partial charge < -0.3 is 39.4 Å². The molecule has 0 aliphatic carbocycles. The molecule has 0 spiro atoms. The molecule has 0 radical (unpaired) electrons. The largest absolute Gasteiger partial charge is 0.497 e. The molecule has 1 saturated heterocycles. The van der Waals surface area contributed by atoms with E-state index in [0.717, 1.165) is 0 Å². The molecule has 5 atom stereocenters. The van der Waals surface area contributed by atoms with Crippen LogP contribution in [0.5, 0.6) is 5.75 Å². The highest BCUT2D eigenvalue weighted by atomic mass is 35.5. The maximum atomic E-state index is 13.4. The molecule has 1 fully saturated rings. The quantitative estimate of drug-likeness (QED) is 0.270. The minimum Gasteiger partial charge on any atom is -0.497 e. The summed E-state index contributed by atoms with van der Waals surface area (Å²) < 4.78 is 21.4. The van der Waals surface area contributed by atoms with E-state index in [1.54, 1.807) is 49.4 Å². The number of methoxy groups -OCH3 is 1. The number of benzene rings is 2. The van der Waals surface area contributed by atoms with Crippen molar-refractivity contribution in [3.05, 3.63) is 64.3 Å². The molecule has 5 unspecified atom stereocenters. The van der Waals surface area contributed by atoms with Gasteiger partial charge in [0, 0.05) is 21.7 Å². The second-order valence-electron chi connectivity index (χ2n) is 9.16. The van der Waals surface area contributed by atoms with Gasteiger partial charge in [-0.05, 0) is 55.0 Å². The predicted molar refractivity (Wildman–Crippen MR) is 139 cm³/mol. The van der Waals surface area contributed by atoms with Gasteiger partial charge in [-0.2, -0.15) is 0 Å². The van der Waals surface area contributed by atoms with Crippen molar-refractivity contribution >= 4 is 46.3 Å². The van der Waals surface area contributed by atoms with Gasteiger partial charge in [-0.25, -0.2) is 9.59 Å². The van der Waals surface area contributed by atoms with Gasteiger partial charge >= 0.3 is 17.9 Å². The topological polar surface area (TPSA) is 191 Å². The number of rotatable bonds is 8. The summed E-state index contributed by atoms with van der Waals surface area (Å²) in [5.41, 5.74) is 1.74. The monoisotopic (exact) mass is 591 g/mol. The Kier molecular flexibility index (Phi) is 8.95. The van der Waals surface area contributed by atoms with E-state index in [2.05, 4.69) is 0 Å². The number of aliphatic carboxylic acids is 1. The van der Waals surface area contributed by atoms with Crippen molar-refractivity contribution in [1.82, 2.24) is 4.57 Å². The van der Waals surface area contributed by atoms with Gasteiger partial charge in [0.05, 0.1) is 19.0 Å². The lowest BCUT2D eigenvalue weighted by Crippen LogP contribution is -2.60. The van der Waals surface area contributed by atoms with Gasteiger partial charge in [0.25, 0.3) is 5.91 Å². The van der Waals surface area contributed by atoms with Gasteiger partial charge in [0.15, 0.2) is 12.7 Å². The molecule has 2 heterocycles. The predicted octanol–water partition coefficient (Wildman–Crippen LogP) is 0.821. The summed E-state index contributed by atoms with van der Waals surface area (Å²) in [6.45, 7) is 0.712. The molecular formula is C27H26ClNO12. The lowest BCUT2D eigenvalue weighted by molar-refractivity contribution is -0.287. The van der Waals surface area contributed by atoms with Crippen molar-refractivity contribution in [2.75, 3.05) is 13.7 Å². The number of carboxylic acids is 1. The summed E-state index contributed by atoms with van der Waals surface area (Å²) in [4.78, 5) is 49.6. The minimum atomic E-state index is -1.97. The number of hydrogen-bond acceptors (Lipinski definition) is 11. The smallest absolute Gasteiger partial charge is 0.346 e. The molecule has 14 heteroatoms.